The molecule has 0 saturated heterocycles. The second-order valence-electron chi connectivity index (χ2n) is 5.34. The van der Waals surface area contributed by atoms with Gasteiger partial charge in [-0.2, -0.15) is 13.2 Å². The van der Waals surface area contributed by atoms with Gasteiger partial charge in [-0.05, 0) is 12.1 Å². The fourth-order valence-electron chi connectivity index (χ4n) is 2.25. The monoisotopic (exact) mass is 422 g/mol. The van der Waals surface area contributed by atoms with Crippen LogP contribution in [-0.4, -0.2) is 25.2 Å². The summed E-state index contributed by atoms with van der Waals surface area (Å²) in [6, 6.07) is 6.95. The maximum atomic E-state index is 13.6. The molecule has 27 heavy (non-hydrogen) atoms. The van der Waals surface area contributed by atoms with E-state index >= 15 is 0 Å². The summed E-state index contributed by atoms with van der Waals surface area (Å²) in [6.45, 7) is 0. The molecule has 0 saturated carbocycles. The predicted octanol–water partition coefficient (Wildman–Crippen LogP) is 4.81. The van der Waals surface area contributed by atoms with Gasteiger partial charge in [0.1, 0.15) is 5.75 Å². The maximum Gasteiger partial charge on any atom is 0.492 e. The number of urea groups is 1. The largest absolute Gasteiger partial charge is 0.497 e. The normalized spacial score (nSPS) is 14.6. The standard InChI is InChI=1S/C16H11Cl2F3N2O4/c1-25-9-4-2-3-8(5-9)22-14(24)23-16(15(19,20)21)26-12-6-10(17)11(18)7-13(12)27-16/h2-7H,1H3,(H2,22,23,24). The van der Waals surface area contributed by atoms with E-state index in [1.807, 2.05) is 0 Å². The Morgan fingerprint density at radius 3 is 2.22 bits per heavy atom. The third-order valence-corrected chi connectivity index (χ3v) is 4.20. The smallest absolute Gasteiger partial charge is 0.492 e. The number of carbonyl (C=O) groups excluding carboxylic acids is 1. The molecule has 0 aromatic heterocycles. The van der Waals surface area contributed by atoms with Crippen LogP contribution in [-0.2, 0) is 0 Å². The van der Waals surface area contributed by atoms with Gasteiger partial charge in [0.05, 0.1) is 17.2 Å². The number of rotatable bonds is 3. The zero-order valence-electron chi connectivity index (χ0n) is 13.5. The molecule has 1 aliphatic heterocycles. The molecule has 0 spiro atoms. The molecular formula is C16H11Cl2F3N2O4. The predicted molar refractivity (Wildman–Crippen MR) is 91.7 cm³/mol. The first-order valence-corrected chi connectivity index (χ1v) is 8.06. The van der Waals surface area contributed by atoms with E-state index in [0.717, 1.165) is 12.1 Å². The number of anilines is 1. The number of alkyl halides is 3. The summed E-state index contributed by atoms with van der Waals surface area (Å²) in [6.07, 6.45) is -5.11. The zero-order valence-corrected chi connectivity index (χ0v) is 15.0. The molecule has 2 aromatic rings. The number of carbonyl (C=O) groups is 1. The van der Waals surface area contributed by atoms with Gasteiger partial charge < -0.3 is 19.5 Å². The van der Waals surface area contributed by atoms with Gasteiger partial charge in [0.25, 0.3) is 0 Å². The number of hydrogen-bond acceptors (Lipinski definition) is 4. The molecule has 0 unspecified atom stereocenters. The van der Waals surface area contributed by atoms with Crippen molar-refractivity contribution in [1.82, 2.24) is 5.32 Å². The van der Waals surface area contributed by atoms with E-state index in [4.69, 9.17) is 37.4 Å². The molecule has 0 fully saturated rings. The Bertz CT molecular complexity index is 861. The number of nitrogens with one attached hydrogen (secondary N) is 2. The number of hydrogen-bond donors (Lipinski definition) is 2. The summed E-state index contributed by atoms with van der Waals surface area (Å²) in [7, 11) is 1.41. The summed E-state index contributed by atoms with van der Waals surface area (Å²) < 4.78 is 55.6. The van der Waals surface area contributed by atoms with E-state index in [-0.39, 0.29) is 27.2 Å². The Balaban J connectivity index is 1.83. The summed E-state index contributed by atoms with van der Waals surface area (Å²) >= 11 is 11.6. The molecule has 144 valence electrons. The van der Waals surface area contributed by atoms with Crippen LogP contribution in [0.15, 0.2) is 36.4 Å². The second-order valence-corrected chi connectivity index (χ2v) is 6.16. The number of ether oxygens (including phenoxy) is 3. The van der Waals surface area contributed by atoms with Crippen LogP contribution < -0.4 is 24.8 Å². The van der Waals surface area contributed by atoms with Crippen molar-refractivity contribution in [2.75, 3.05) is 12.4 Å². The van der Waals surface area contributed by atoms with Crippen LogP contribution in [0.25, 0.3) is 0 Å². The highest BCUT2D eigenvalue weighted by atomic mass is 35.5. The van der Waals surface area contributed by atoms with E-state index in [1.165, 1.54) is 19.2 Å². The van der Waals surface area contributed by atoms with E-state index in [9.17, 15) is 18.0 Å². The van der Waals surface area contributed by atoms with Gasteiger partial charge >= 0.3 is 18.1 Å². The molecule has 0 radical (unpaired) electrons. The first kappa shape index (κ1) is 19.2. The van der Waals surface area contributed by atoms with Crippen LogP contribution in [0.4, 0.5) is 23.7 Å². The zero-order chi connectivity index (χ0) is 19.8. The Morgan fingerprint density at radius 2 is 1.70 bits per heavy atom. The minimum Gasteiger partial charge on any atom is -0.497 e. The molecular weight excluding hydrogens is 412 g/mol. The number of halogens is 5. The van der Waals surface area contributed by atoms with Crippen molar-refractivity contribution in [2.24, 2.45) is 0 Å². The van der Waals surface area contributed by atoms with Crippen molar-refractivity contribution < 1.29 is 32.2 Å². The van der Waals surface area contributed by atoms with Crippen molar-refractivity contribution in [2.45, 2.75) is 12.1 Å². The molecule has 2 N–H and O–H groups in total. The van der Waals surface area contributed by atoms with E-state index in [0.29, 0.717) is 5.75 Å². The van der Waals surface area contributed by atoms with Gasteiger partial charge in [-0.3, -0.25) is 5.32 Å². The summed E-state index contributed by atoms with van der Waals surface area (Å²) in [5, 5.41) is 3.85. The first-order valence-electron chi connectivity index (χ1n) is 7.30. The topological polar surface area (TPSA) is 68.8 Å². The van der Waals surface area contributed by atoms with E-state index in [1.54, 1.807) is 17.4 Å². The molecule has 0 atom stereocenters. The number of benzene rings is 2. The van der Waals surface area contributed by atoms with Crippen molar-refractivity contribution in [1.29, 1.82) is 0 Å². The molecule has 2 aromatic carbocycles. The summed E-state index contributed by atoms with van der Waals surface area (Å²) in [5.74, 6) is -3.66. The third kappa shape index (κ3) is 3.79. The lowest BCUT2D eigenvalue weighted by atomic mass is 10.3. The minimum absolute atomic E-state index is 0.0298. The highest BCUT2D eigenvalue weighted by Gasteiger charge is 2.65. The van der Waals surface area contributed by atoms with Crippen LogP contribution >= 0.6 is 23.2 Å². The van der Waals surface area contributed by atoms with Crippen molar-refractivity contribution in [3.8, 4) is 17.2 Å². The quantitative estimate of drug-likeness (QED) is 0.744. The Kier molecular flexibility index (Phi) is 4.92. The van der Waals surface area contributed by atoms with Crippen LogP contribution in [0, 0.1) is 0 Å². The molecule has 2 amide bonds. The van der Waals surface area contributed by atoms with Crippen molar-refractivity contribution >= 4 is 34.9 Å². The van der Waals surface area contributed by atoms with Gasteiger partial charge in [0.2, 0.25) is 0 Å². The first-order chi connectivity index (χ1) is 12.6. The maximum absolute atomic E-state index is 13.6. The molecule has 11 heteroatoms. The van der Waals surface area contributed by atoms with E-state index in [2.05, 4.69) is 5.32 Å². The van der Waals surface area contributed by atoms with Crippen LogP contribution in [0.2, 0.25) is 10.0 Å². The highest BCUT2D eigenvalue weighted by Crippen LogP contribution is 2.47. The lowest BCUT2D eigenvalue weighted by molar-refractivity contribution is -0.317. The van der Waals surface area contributed by atoms with Crippen molar-refractivity contribution in [3.05, 3.63) is 46.4 Å². The minimum atomic E-state index is -5.11. The van der Waals surface area contributed by atoms with Gasteiger partial charge in [0.15, 0.2) is 11.5 Å². The second kappa shape index (κ2) is 6.90. The van der Waals surface area contributed by atoms with Gasteiger partial charge in [-0.25, -0.2) is 4.79 Å². The lowest BCUT2D eigenvalue weighted by Crippen LogP contribution is -2.65. The molecule has 1 heterocycles. The van der Waals surface area contributed by atoms with Crippen LogP contribution in [0.5, 0.6) is 17.2 Å². The molecule has 0 bridgehead atoms. The fraction of sp³-hybridized carbons (Fsp3) is 0.188. The Hall–Kier alpha value is -2.52. The Morgan fingerprint density at radius 1 is 1.11 bits per heavy atom. The van der Waals surface area contributed by atoms with E-state index < -0.39 is 18.1 Å². The Labute approximate surface area is 161 Å². The lowest BCUT2D eigenvalue weighted by Gasteiger charge is -2.29. The highest BCUT2D eigenvalue weighted by molar-refractivity contribution is 6.42. The van der Waals surface area contributed by atoms with Crippen LogP contribution in [0.3, 0.4) is 0 Å². The summed E-state index contributed by atoms with van der Waals surface area (Å²) in [5.41, 5.74) is 0.200. The number of amides is 2. The average Bonchev–Trinajstić information content (AvgIpc) is 2.93. The molecule has 1 aliphatic rings. The van der Waals surface area contributed by atoms with Crippen LogP contribution in [0.1, 0.15) is 0 Å². The number of methoxy groups -OCH3 is 1. The van der Waals surface area contributed by atoms with Gasteiger partial charge in [-0.15, -0.1) is 0 Å². The summed E-state index contributed by atoms with van der Waals surface area (Å²) in [4.78, 5) is 12.1. The number of fused-ring (bicyclic) bond motifs is 1. The molecule has 6 nitrogen and oxygen atoms in total. The fourth-order valence-corrected chi connectivity index (χ4v) is 2.56. The van der Waals surface area contributed by atoms with Gasteiger partial charge in [-0.1, -0.05) is 29.3 Å². The van der Waals surface area contributed by atoms with Crippen molar-refractivity contribution in [3.63, 3.8) is 0 Å². The molecule has 3 rings (SSSR count). The average molecular weight is 423 g/mol. The van der Waals surface area contributed by atoms with Gasteiger partial charge in [0, 0.05) is 23.9 Å². The molecule has 0 aliphatic carbocycles. The SMILES string of the molecule is COc1cccc(NC(=O)NC2(C(F)(F)F)Oc3cc(Cl)c(Cl)cc3O2)c1. The third-order valence-electron chi connectivity index (χ3n) is 3.47.